The first kappa shape index (κ1) is 11.2. The molecule has 0 radical (unpaired) electrons. The van der Waals surface area contributed by atoms with Gasteiger partial charge in [0.2, 0.25) is 0 Å². The zero-order chi connectivity index (χ0) is 11.2. The highest BCUT2D eigenvalue weighted by Crippen LogP contribution is 2.20. The van der Waals surface area contributed by atoms with Crippen molar-refractivity contribution in [2.75, 3.05) is 0 Å². The van der Waals surface area contributed by atoms with Gasteiger partial charge in [-0.2, -0.15) is 0 Å². The summed E-state index contributed by atoms with van der Waals surface area (Å²) in [5, 5.41) is 0. The minimum atomic E-state index is 0.203. The van der Waals surface area contributed by atoms with Gasteiger partial charge in [0.15, 0.2) is 0 Å². The average molecular weight is 217 g/mol. The molecule has 86 valence electrons. The lowest BCUT2D eigenvalue weighted by Gasteiger charge is -2.27. The molecule has 0 bridgehead atoms. The molecule has 0 heterocycles. The Kier molecular flexibility index (Phi) is 4.00. The summed E-state index contributed by atoms with van der Waals surface area (Å²) in [6.07, 6.45) is 8.62. The van der Waals surface area contributed by atoms with E-state index in [9.17, 15) is 0 Å². The van der Waals surface area contributed by atoms with Gasteiger partial charge in [0.05, 0.1) is 6.26 Å². The maximum atomic E-state index is 6.00. The van der Waals surface area contributed by atoms with E-state index < -0.39 is 0 Å². The normalized spacial score (nSPS) is 25.8. The topological polar surface area (TPSA) is 35.2 Å². The lowest BCUT2D eigenvalue weighted by molar-refractivity contribution is 0.0884. The third-order valence-corrected chi connectivity index (χ3v) is 3.07. The molecule has 2 N–H and O–H groups in total. The molecule has 2 atom stereocenters. The predicted molar refractivity (Wildman–Crippen MR) is 66.8 cm³/mol. The zero-order valence-electron chi connectivity index (χ0n) is 9.51. The van der Waals surface area contributed by atoms with E-state index in [1.165, 1.54) is 12.8 Å². The molecular formula is C14H19NO. The minimum absolute atomic E-state index is 0.203. The Balaban J connectivity index is 1.84. The second kappa shape index (κ2) is 5.71. The SMILES string of the molecule is N[C@@H]1CCCC[C@H]1O/C=C/c1ccccc1. The molecule has 1 saturated carbocycles. The van der Waals surface area contributed by atoms with Crippen molar-refractivity contribution in [1.29, 1.82) is 0 Å². The van der Waals surface area contributed by atoms with Gasteiger partial charge < -0.3 is 10.5 Å². The molecule has 0 saturated heterocycles. The van der Waals surface area contributed by atoms with Crippen molar-refractivity contribution in [1.82, 2.24) is 0 Å². The van der Waals surface area contributed by atoms with Crippen LogP contribution in [-0.4, -0.2) is 12.1 Å². The fourth-order valence-corrected chi connectivity index (χ4v) is 2.08. The average Bonchev–Trinajstić information content (AvgIpc) is 2.33. The molecule has 2 heteroatoms. The molecule has 1 aromatic rings. The van der Waals surface area contributed by atoms with E-state index in [1.54, 1.807) is 6.26 Å². The highest BCUT2D eigenvalue weighted by molar-refractivity contribution is 5.47. The van der Waals surface area contributed by atoms with Crippen LogP contribution in [0.15, 0.2) is 36.6 Å². The Morgan fingerprint density at radius 3 is 2.62 bits per heavy atom. The number of ether oxygens (including phenoxy) is 1. The van der Waals surface area contributed by atoms with Gasteiger partial charge in [-0.1, -0.05) is 36.8 Å². The van der Waals surface area contributed by atoms with E-state index in [0.29, 0.717) is 0 Å². The van der Waals surface area contributed by atoms with Crippen LogP contribution in [0.5, 0.6) is 0 Å². The summed E-state index contributed by atoms with van der Waals surface area (Å²) >= 11 is 0. The van der Waals surface area contributed by atoms with Crippen LogP contribution in [0.25, 0.3) is 6.08 Å². The molecule has 1 aliphatic rings. The van der Waals surface area contributed by atoms with Crippen molar-refractivity contribution in [3.05, 3.63) is 42.2 Å². The number of rotatable bonds is 3. The van der Waals surface area contributed by atoms with Gasteiger partial charge in [0, 0.05) is 6.04 Å². The van der Waals surface area contributed by atoms with E-state index in [4.69, 9.17) is 10.5 Å². The molecule has 0 amide bonds. The van der Waals surface area contributed by atoms with Crippen LogP contribution in [0.3, 0.4) is 0 Å². The van der Waals surface area contributed by atoms with Crippen LogP contribution in [0.1, 0.15) is 31.2 Å². The van der Waals surface area contributed by atoms with Gasteiger partial charge in [-0.15, -0.1) is 0 Å². The number of nitrogens with two attached hydrogens (primary N) is 1. The second-order valence-corrected chi connectivity index (χ2v) is 4.34. The van der Waals surface area contributed by atoms with Crippen LogP contribution in [0.2, 0.25) is 0 Å². The molecular weight excluding hydrogens is 198 g/mol. The largest absolute Gasteiger partial charge is 0.496 e. The Bertz CT molecular complexity index is 334. The minimum Gasteiger partial charge on any atom is -0.496 e. The summed E-state index contributed by atoms with van der Waals surface area (Å²) in [5.41, 5.74) is 7.16. The molecule has 0 unspecified atom stereocenters. The predicted octanol–water partition coefficient (Wildman–Crippen LogP) is 2.94. The van der Waals surface area contributed by atoms with E-state index in [1.807, 2.05) is 24.3 Å². The Hall–Kier alpha value is -1.28. The summed E-state index contributed by atoms with van der Waals surface area (Å²) in [6, 6.07) is 10.4. The van der Waals surface area contributed by atoms with Gasteiger partial charge in [-0.25, -0.2) is 0 Å². The van der Waals surface area contributed by atoms with Gasteiger partial charge in [0.25, 0.3) is 0 Å². The monoisotopic (exact) mass is 217 g/mol. The van der Waals surface area contributed by atoms with Crippen molar-refractivity contribution < 1.29 is 4.74 Å². The summed E-state index contributed by atoms with van der Waals surface area (Å²) in [5.74, 6) is 0. The van der Waals surface area contributed by atoms with Crippen LogP contribution >= 0.6 is 0 Å². The highest BCUT2D eigenvalue weighted by Gasteiger charge is 2.21. The van der Waals surface area contributed by atoms with Crippen LogP contribution < -0.4 is 5.73 Å². The van der Waals surface area contributed by atoms with E-state index in [0.717, 1.165) is 18.4 Å². The zero-order valence-corrected chi connectivity index (χ0v) is 9.51. The molecule has 1 aliphatic carbocycles. The third-order valence-electron chi connectivity index (χ3n) is 3.07. The quantitative estimate of drug-likeness (QED) is 0.790. The highest BCUT2D eigenvalue weighted by atomic mass is 16.5. The second-order valence-electron chi connectivity index (χ2n) is 4.34. The fourth-order valence-electron chi connectivity index (χ4n) is 2.08. The fraction of sp³-hybridized carbons (Fsp3) is 0.429. The summed E-state index contributed by atoms with van der Waals surface area (Å²) < 4.78 is 5.69. The first-order valence-corrected chi connectivity index (χ1v) is 5.99. The Morgan fingerprint density at radius 1 is 1.12 bits per heavy atom. The van der Waals surface area contributed by atoms with E-state index >= 15 is 0 Å². The van der Waals surface area contributed by atoms with E-state index in [2.05, 4.69) is 12.1 Å². The number of benzene rings is 1. The maximum absolute atomic E-state index is 6.00. The van der Waals surface area contributed by atoms with Crippen molar-refractivity contribution in [3.8, 4) is 0 Å². The maximum Gasteiger partial charge on any atom is 0.113 e. The molecule has 0 aromatic heterocycles. The Labute approximate surface area is 97.1 Å². The summed E-state index contributed by atoms with van der Waals surface area (Å²) in [7, 11) is 0. The Morgan fingerprint density at radius 2 is 1.88 bits per heavy atom. The number of hydrogen-bond donors (Lipinski definition) is 1. The molecule has 2 rings (SSSR count). The first-order valence-electron chi connectivity index (χ1n) is 5.99. The molecule has 2 nitrogen and oxygen atoms in total. The molecule has 1 aromatic carbocycles. The number of hydrogen-bond acceptors (Lipinski definition) is 2. The lowest BCUT2D eigenvalue weighted by Crippen LogP contribution is -2.38. The van der Waals surface area contributed by atoms with Gasteiger partial charge in [-0.3, -0.25) is 0 Å². The van der Waals surface area contributed by atoms with Gasteiger partial charge in [-0.05, 0) is 30.9 Å². The van der Waals surface area contributed by atoms with Crippen LogP contribution in [-0.2, 0) is 4.74 Å². The molecule has 1 fully saturated rings. The first-order chi connectivity index (χ1) is 7.86. The lowest BCUT2D eigenvalue weighted by atomic mass is 9.93. The van der Waals surface area contributed by atoms with Crippen molar-refractivity contribution >= 4 is 6.08 Å². The standard InChI is InChI=1S/C14H19NO/c15-13-8-4-5-9-14(13)16-11-10-12-6-2-1-3-7-12/h1-3,6-7,10-11,13-14H,4-5,8-9,15H2/b11-10+/t13-,14-/m1/s1. The van der Waals surface area contributed by atoms with Gasteiger partial charge in [0.1, 0.15) is 6.10 Å². The molecule has 0 aliphatic heterocycles. The van der Waals surface area contributed by atoms with Crippen LogP contribution in [0, 0.1) is 0 Å². The summed E-state index contributed by atoms with van der Waals surface area (Å²) in [6.45, 7) is 0. The van der Waals surface area contributed by atoms with E-state index in [-0.39, 0.29) is 12.1 Å². The third kappa shape index (κ3) is 3.11. The smallest absolute Gasteiger partial charge is 0.113 e. The van der Waals surface area contributed by atoms with Crippen molar-refractivity contribution in [3.63, 3.8) is 0 Å². The van der Waals surface area contributed by atoms with Crippen LogP contribution in [0.4, 0.5) is 0 Å². The summed E-state index contributed by atoms with van der Waals surface area (Å²) in [4.78, 5) is 0. The van der Waals surface area contributed by atoms with Crippen molar-refractivity contribution in [2.24, 2.45) is 5.73 Å². The molecule has 0 spiro atoms. The molecule has 16 heavy (non-hydrogen) atoms. The van der Waals surface area contributed by atoms with Crippen molar-refractivity contribution in [2.45, 2.75) is 37.8 Å². The van der Waals surface area contributed by atoms with Gasteiger partial charge >= 0.3 is 0 Å².